The number of aliphatic hydroxyl groups is 21. The summed E-state index contributed by atoms with van der Waals surface area (Å²) >= 11 is 0. The predicted molar refractivity (Wildman–Crippen MR) is 240 cm³/mol. The second-order valence-corrected chi connectivity index (χ2v) is 20.1. The summed E-state index contributed by atoms with van der Waals surface area (Å²) in [5.41, 5.74) is 0. The molecule has 21 N–H and O–H groups in total. The van der Waals surface area contributed by atoms with Gasteiger partial charge in [0.15, 0.2) is 44.0 Å². The van der Waals surface area contributed by atoms with Crippen molar-refractivity contribution in [1.29, 1.82) is 0 Å². The summed E-state index contributed by atoms with van der Waals surface area (Å²) in [4.78, 5) is 0. The highest BCUT2D eigenvalue weighted by molar-refractivity contribution is 5.01. The normalized spacial score (nSPS) is 53.0. The minimum Gasteiger partial charge on any atom is -0.394 e. The van der Waals surface area contributed by atoms with Crippen LogP contribution in [0.1, 0.15) is 6.92 Å². The van der Waals surface area contributed by atoms with Gasteiger partial charge in [0, 0.05) is 13.0 Å². The van der Waals surface area contributed by atoms with E-state index in [1.807, 2.05) is 0 Å². The number of rotatable bonds is 20. The van der Waals surface area contributed by atoms with Gasteiger partial charge in [-0.3, -0.25) is 0 Å². The van der Waals surface area contributed by atoms with E-state index < -0.39 is 261 Å². The van der Waals surface area contributed by atoms with Gasteiger partial charge >= 0.3 is 0 Å². The van der Waals surface area contributed by atoms with Crippen LogP contribution in [0.4, 0.5) is 0 Å². The fourth-order valence-electron chi connectivity index (χ4n) is 10.4. The molecule has 0 aromatic rings. The molecule has 7 rings (SSSR count). The van der Waals surface area contributed by atoms with Crippen molar-refractivity contribution in [1.82, 2.24) is 0 Å². The maximum Gasteiger partial charge on any atom is 0.187 e. The third-order valence-corrected chi connectivity index (χ3v) is 15.1. The number of ether oxygens (including phenoxy) is 14. The van der Waals surface area contributed by atoms with Crippen LogP contribution in [0.5, 0.6) is 0 Å². The molecule has 0 aromatic heterocycles. The van der Waals surface area contributed by atoms with Crippen LogP contribution in [0.25, 0.3) is 0 Å². The summed E-state index contributed by atoms with van der Waals surface area (Å²) in [6.45, 7) is -4.89. The molecule has 0 saturated carbocycles. The zero-order chi connectivity index (χ0) is 58.1. The van der Waals surface area contributed by atoms with Gasteiger partial charge in [0.05, 0.1) is 58.5 Å². The summed E-state index contributed by atoms with van der Waals surface area (Å²) in [5.74, 6) is -0.751. The lowest BCUT2D eigenvalue weighted by atomic mass is 9.91. The van der Waals surface area contributed by atoms with Crippen molar-refractivity contribution in [3.63, 3.8) is 0 Å². The highest BCUT2D eigenvalue weighted by Gasteiger charge is 2.58. The largest absolute Gasteiger partial charge is 0.394 e. The van der Waals surface area contributed by atoms with E-state index in [9.17, 15) is 107 Å². The van der Waals surface area contributed by atoms with Crippen molar-refractivity contribution in [2.24, 2.45) is 5.92 Å². The van der Waals surface area contributed by atoms with Crippen LogP contribution >= 0.6 is 0 Å². The van der Waals surface area contributed by atoms with E-state index in [4.69, 9.17) is 66.3 Å². The minimum absolute atomic E-state index is 0.592. The number of aliphatic hydroxyl groups excluding tert-OH is 21. The molecule has 7 fully saturated rings. The summed E-state index contributed by atoms with van der Waals surface area (Å²) < 4.78 is 78.1. The first kappa shape index (κ1) is 65.1. The second kappa shape index (κ2) is 28.2. The highest BCUT2D eigenvalue weighted by Crippen LogP contribution is 2.38. The lowest BCUT2D eigenvalue weighted by Gasteiger charge is -2.50. The molecule has 0 radical (unpaired) electrons. The van der Waals surface area contributed by atoms with Crippen molar-refractivity contribution in [3.8, 4) is 0 Å². The van der Waals surface area contributed by atoms with Crippen LogP contribution in [0, 0.1) is 5.92 Å². The van der Waals surface area contributed by atoms with Gasteiger partial charge in [-0.2, -0.15) is 0 Å². The third-order valence-electron chi connectivity index (χ3n) is 15.1. The molecule has 7 aliphatic heterocycles. The first-order valence-corrected chi connectivity index (χ1v) is 25.4. The van der Waals surface area contributed by atoms with Crippen LogP contribution < -0.4 is 0 Å². The van der Waals surface area contributed by atoms with Gasteiger partial charge < -0.3 is 174 Å². The number of hydrogen-bond donors (Lipinski definition) is 21. The van der Waals surface area contributed by atoms with Gasteiger partial charge in [0.2, 0.25) is 0 Å². The standard InChI is InChI=1S/C44H76O35/c1-10-11(3-45)67-39(25(59)18(10)52)74-33-13(5-47)69-41(27(61)20(33)54)76-35-15(7-49)71-43(29(63)22(35)56)78-37-17(9-51)73-44(31(65)24(37)58)79-36-16(8-50)72-42(30(64)23(36)57)77-34-14(6-48)70-40(28(62)21(34)55)75-32-12(4-46)68-38(66-2)26(60)19(32)53/h10-65H,3-9H2,1-2H3. The molecule has 35 atom stereocenters. The number of methoxy groups -OCH3 is 1. The topological polar surface area (TPSA) is 554 Å². The van der Waals surface area contributed by atoms with Gasteiger partial charge in [0.25, 0.3) is 0 Å². The Morgan fingerprint density at radius 1 is 0.241 bits per heavy atom. The molecule has 0 spiro atoms. The molecule has 79 heavy (non-hydrogen) atoms. The molecule has 0 aromatic carbocycles. The van der Waals surface area contributed by atoms with E-state index in [-0.39, 0.29) is 0 Å². The van der Waals surface area contributed by atoms with E-state index in [1.165, 1.54) is 6.92 Å². The Kier molecular flexibility index (Phi) is 23.3. The quantitative estimate of drug-likeness (QED) is 0.0538. The average molecular weight is 1170 g/mol. The van der Waals surface area contributed by atoms with Crippen molar-refractivity contribution in [2.75, 3.05) is 53.4 Å². The first-order valence-electron chi connectivity index (χ1n) is 25.4. The molecule has 0 bridgehead atoms. The van der Waals surface area contributed by atoms with Crippen LogP contribution in [-0.4, -0.2) is 369 Å². The Morgan fingerprint density at radius 2 is 0.405 bits per heavy atom. The number of hydrogen-bond acceptors (Lipinski definition) is 35. The molecule has 35 unspecified atom stereocenters. The van der Waals surface area contributed by atoms with Crippen molar-refractivity contribution >= 4 is 0 Å². The van der Waals surface area contributed by atoms with Crippen LogP contribution in [0.15, 0.2) is 0 Å². The molecule has 7 saturated heterocycles. The minimum atomic E-state index is -2.21. The molecular formula is C44H76O35. The fourth-order valence-corrected chi connectivity index (χ4v) is 10.4. The summed E-state index contributed by atoms with van der Waals surface area (Å²) in [7, 11) is 1.16. The third kappa shape index (κ3) is 13.4. The van der Waals surface area contributed by atoms with Gasteiger partial charge in [-0.1, -0.05) is 6.92 Å². The first-order chi connectivity index (χ1) is 37.5. The summed E-state index contributed by atoms with van der Waals surface area (Å²) in [6, 6.07) is 0. The van der Waals surface area contributed by atoms with E-state index in [1.54, 1.807) is 0 Å². The van der Waals surface area contributed by atoms with Crippen LogP contribution in [0.2, 0.25) is 0 Å². The van der Waals surface area contributed by atoms with Crippen molar-refractivity contribution in [3.05, 3.63) is 0 Å². The van der Waals surface area contributed by atoms with E-state index in [0.717, 1.165) is 7.11 Å². The maximum absolute atomic E-state index is 11.3. The SMILES string of the molecule is COC1OC(CO)C(OC2OC(CO)C(OC3OC(CO)C(OC4OC(CO)C(OC5OC(CO)C(OC6OC(CO)C(OC7OC(CO)C(C)C(O)C7O)C(O)C6O)C(O)C5O)C(O)C4O)C(O)C3O)C(O)C2O)C(O)C1O. The van der Waals surface area contributed by atoms with Gasteiger partial charge in [0.1, 0.15) is 153 Å². The lowest BCUT2D eigenvalue weighted by molar-refractivity contribution is -0.397. The van der Waals surface area contributed by atoms with Crippen molar-refractivity contribution in [2.45, 2.75) is 216 Å². The average Bonchev–Trinajstić information content (AvgIpc) is 3.48. The zero-order valence-electron chi connectivity index (χ0n) is 42.3. The highest BCUT2D eigenvalue weighted by atomic mass is 16.8. The molecule has 0 aliphatic carbocycles. The van der Waals surface area contributed by atoms with Crippen molar-refractivity contribution < 1.29 is 174 Å². The molecular weight excluding hydrogens is 1090 g/mol. The zero-order valence-corrected chi connectivity index (χ0v) is 42.3. The van der Waals surface area contributed by atoms with Gasteiger partial charge in [-0.15, -0.1) is 0 Å². The van der Waals surface area contributed by atoms with Crippen LogP contribution in [-0.2, 0) is 66.3 Å². The fraction of sp³-hybridized carbons (Fsp3) is 1.00. The van der Waals surface area contributed by atoms with E-state index in [0.29, 0.717) is 0 Å². The summed E-state index contributed by atoms with van der Waals surface area (Å²) in [5, 5.41) is 225. The molecule has 35 heteroatoms. The Hall–Kier alpha value is -1.40. The Labute approximate surface area is 448 Å². The predicted octanol–water partition coefficient (Wildman–Crippen LogP) is -14.3. The Balaban J connectivity index is 0.946. The summed E-state index contributed by atoms with van der Waals surface area (Å²) in [6.07, 6.45) is -62.4. The van der Waals surface area contributed by atoms with Crippen LogP contribution in [0.3, 0.4) is 0 Å². The van der Waals surface area contributed by atoms with Gasteiger partial charge in [-0.25, -0.2) is 0 Å². The second-order valence-electron chi connectivity index (χ2n) is 20.1. The Morgan fingerprint density at radius 3 is 0.595 bits per heavy atom. The molecule has 462 valence electrons. The Bertz CT molecular complexity index is 1820. The monoisotopic (exact) mass is 1160 g/mol. The molecule has 7 aliphatic rings. The molecule has 35 nitrogen and oxygen atoms in total. The lowest BCUT2D eigenvalue weighted by Crippen LogP contribution is -2.68. The van der Waals surface area contributed by atoms with Gasteiger partial charge in [-0.05, 0) is 0 Å². The van der Waals surface area contributed by atoms with E-state index in [2.05, 4.69) is 0 Å². The molecule has 7 heterocycles. The van der Waals surface area contributed by atoms with E-state index >= 15 is 0 Å². The smallest absolute Gasteiger partial charge is 0.187 e. The molecule has 0 amide bonds. The maximum atomic E-state index is 11.3.